The number of benzene rings is 5. The van der Waals surface area contributed by atoms with Crippen molar-refractivity contribution in [1.82, 2.24) is 4.57 Å². The van der Waals surface area contributed by atoms with Crippen molar-refractivity contribution in [1.29, 1.82) is 0 Å². The summed E-state index contributed by atoms with van der Waals surface area (Å²) >= 11 is 0. The Morgan fingerprint density at radius 2 is 1.09 bits per heavy atom. The van der Waals surface area contributed by atoms with Crippen LogP contribution in [-0.4, -0.2) is 4.57 Å². The summed E-state index contributed by atoms with van der Waals surface area (Å²) in [7, 11) is 0. The normalized spacial score (nSPS) is 16.9. The maximum absolute atomic E-state index is 6.94. The molecule has 5 aromatic carbocycles. The van der Waals surface area contributed by atoms with E-state index in [1.807, 2.05) is 0 Å². The van der Waals surface area contributed by atoms with E-state index >= 15 is 0 Å². The largest absolute Gasteiger partial charge is 0.456 e. The van der Waals surface area contributed by atoms with Gasteiger partial charge in [0.05, 0.1) is 23.3 Å². The number of aromatic nitrogens is 3. The molecule has 7 heterocycles. The van der Waals surface area contributed by atoms with E-state index in [1.165, 1.54) is 44.2 Å². The molecule has 5 nitrogen and oxygen atoms in total. The van der Waals surface area contributed by atoms with E-state index in [0.29, 0.717) is 0 Å². The molecule has 4 aliphatic heterocycles. The fraction of sp³-hybridized carbons (Fsp3) is 0.0244. The van der Waals surface area contributed by atoms with Gasteiger partial charge < -0.3 is 4.74 Å². The molecule has 0 amide bonds. The van der Waals surface area contributed by atoms with Crippen molar-refractivity contribution >= 4 is 39.1 Å². The van der Waals surface area contributed by atoms with E-state index in [-0.39, 0.29) is 0 Å². The molecule has 0 fully saturated rings. The Bertz CT molecular complexity index is 2710. The Balaban J connectivity index is 1.37. The lowest BCUT2D eigenvalue weighted by Gasteiger charge is -2.43. The minimum atomic E-state index is -0.754. The highest BCUT2D eigenvalue weighted by molar-refractivity contribution is 6.08. The first-order valence-electron chi connectivity index (χ1n) is 15.8. The molecule has 8 aromatic rings. The molecule has 4 aliphatic rings. The second-order valence-electron chi connectivity index (χ2n) is 12.6. The van der Waals surface area contributed by atoms with Crippen molar-refractivity contribution in [2.45, 2.75) is 5.66 Å². The van der Waals surface area contributed by atoms with Crippen LogP contribution in [0.2, 0.25) is 0 Å². The molecular formula is C41H24N4O+2. The summed E-state index contributed by atoms with van der Waals surface area (Å²) in [5.41, 5.74) is 12.2. The lowest BCUT2D eigenvalue weighted by Crippen LogP contribution is -2.78. The number of nitrogens with zero attached hydrogens (tertiary/aromatic N) is 4. The van der Waals surface area contributed by atoms with Crippen molar-refractivity contribution in [3.8, 4) is 39.4 Å². The first kappa shape index (κ1) is 23.2. The van der Waals surface area contributed by atoms with Crippen LogP contribution in [0.3, 0.4) is 0 Å². The van der Waals surface area contributed by atoms with E-state index in [0.717, 1.165) is 45.5 Å². The van der Waals surface area contributed by atoms with Crippen molar-refractivity contribution in [2.75, 3.05) is 4.90 Å². The highest BCUT2D eigenvalue weighted by Crippen LogP contribution is 2.60. The maximum atomic E-state index is 6.94. The molecule has 1 unspecified atom stereocenters. The first-order valence-corrected chi connectivity index (χ1v) is 15.8. The molecule has 46 heavy (non-hydrogen) atoms. The van der Waals surface area contributed by atoms with Crippen molar-refractivity contribution < 1.29 is 13.9 Å². The molecule has 0 N–H and O–H groups in total. The van der Waals surface area contributed by atoms with Crippen molar-refractivity contribution in [2.24, 2.45) is 0 Å². The monoisotopic (exact) mass is 588 g/mol. The van der Waals surface area contributed by atoms with Crippen LogP contribution in [0.15, 0.2) is 146 Å². The lowest BCUT2D eigenvalue weighted by molar-refractivity contribution is -0.958. The smallest absolute Gasteiger partial charge is 0.321 e. The van der Waals surface area contributed by atoms with Crippen LogP contribution >= 0.6 is 0 Å². The Morgan fingerprint density at radius 1 is 0.478 bits per heavy atom. The van der Waals surface area contributed by atoms with Gasteiger partial charge in [-0.25, -0.2) is 0 Å². The third-order valence-corrected chi connectivity index (χ3v) is 10.6. The second kappa shape index (κ2) is 7.71. The lowest BCUT2D eigenvalue weighted by atomic mass is 9.81. The number of hydrogen-bond acceptors (Lipinski definition) is 2. The third kappa shape index (κ3) is 2.38. The minimum absolute atomic E-state index is 0.754. The zero-order valence-corrected chi connectivity index (χ0v) is 24.6. The average molecular weight is 589 g/mol. The van der Waals surface area contributed by atoms with Gasteiger partial charge in [0.25, 0.3) is 11.5 Å². The number of para-hydroxylation sites is 2. The molecule has 0 saturated carbocycles. The van der Waals surface area contributed by atoms with Crippen LogP contribution in [0.1, 0.15) is 11.1 Å². The van der Waals surface area contributed by atoms with Gasteiger partial charge in [0.15, 0.2) is 0 Å². The SMILES string of the molecule is c1ccc2c(c1)-c1ccccc1N1c3cccc4c3C3(c5c(cccc5-n5c6ccccc6c6ccc[n+]3c65)O4)[n+]3cccc-2c31. The van der Waals surface area contributed by atoms with Crippen molar-refractivity contribution in [3.05, 3.63) is 157 Å². The number of ether oxygens (including phenoxy) is 1. The van der Waals surface area contributed by atoms with Crippen molar-refractivity contribution in [3.63, 3.8) is 0 Å². The molecule has 1 spiro atoms. The van der Waals surface area contributed by atoms with Crippen LogP contribution in [0.5, 0.6) is 11.5 Å². The molecule has 12 rings (SSSR count). The van der Waals surface area contributed by atoms with Gasteiger partial charge in [0.1, 0.15) is 45.2 Å². The first-order chi connectivity index (χ1) is 22.9. The minimum Gasteiger partial charge on any atom is -0.456 e. The quantitative estimate of drug-likeness (QED) is 0.166. The Kier molecular flexibility index (Phi) is 3.89. The number of pyridine rings is 2. The maximum Gasteiger partial charge on any atom is 0.321 e. The van der Waals surface area contributed by atoms with Gasteiger partial charge in [-0.1, -0.05) is 66.7 Å². The van der Waals surface area contributed by atoms with Gasteiger partial charge in [-0.2, -0.15) is 18.6 Å². The van der Waals surface area contributed by atoms with Crippen LogP contribution in [0.4, 0.5) is 17.2 Å². The van der Waals surface area contributed by atoms with Gasteiger partial charge in [-0.15, -0.1) is 0 Å². The van der Waals surface area contributed by atoms with E-state index in [9.17, 15) is 0 Å². The Hall–Kier alpha value is -6.20. The summed E-state index contributed by atoms with van der Waals surface area (Å²) in [6, 6.07) is 48.4. The van der Waals surface area contributed by atoms with Gasteiger partial charge >= 0.3 is 5.66 Å². The van der Waals surface area contributed by atoms with E-state index in [1.54, 1.807) is 0 Å². The average Bonchev–Trinajstić information content (AvgIpc) is 3.39. The highest BCUT2D eigenvalue weighted by Gasteiger charge is 2.65. The van der Waals surface area contributed by atoms with Crippen LogP contribution in [0, 0.1) is 0 Å². The van der Waals surface area contributed by atoms with Gasteiger partial charge in [0, 0.05) is 10.9 Å². The second-order valence-corrected chi connectivity index (χ2v) is 12.6. The standard InChI is InChI=1S/C41H24N4O/c1-2-12-26-25(11-1)27-13-3-5-17-31(27)44-33-19-7-21-35-37(33)41(42-23-9-15-29(26)39(42)44)38-34(20-8-22-36(38)46-35)45-32-18-6-4-14-28(32)30-16-10-24-43(41)40(30)45/h1-24H/q+2. The fourth-order valence-electron chi connectivity index (χ4n) is 8.99. The molecular weight excluding hydrogens is 564 g/mol. The Morgan fingerprint density at radius 3 is 1.96 bits per heavy atom. The Labute approximate surface area is 264 Å². The number of fused-ring (bicyclic) bond motifs is 10. The highest BCUT2D eigenvalue weighted by atomic mass is 16.5. The number of anilines is 3. The molecule has 0 aliphatic carbocycles. The molecule has 3 aromatic heterocycles. The topological polar surface area (TPSA) is 25.2 Å². The molecule has 0 radical (unpaired) electrons. The summed E-state index contributed by atoms with van der Waals surface area (Å²) in [6.45, 7) is 0. The predicted octanol–water partition coefficient (Wildman–Crippen LogP) is 8.51. The summed E-state index contributed by atoms with van der Waals surface area (Å²) in [5.74, 6) is 2.89. The van der Waals surface area contributed by atoms with Crippen LogP contribution < -0.4 is 18.8 Å². The molecule has 5 heteroatoms. The van der Waals surface area contributed by atoms with Gasteiger partial charge in [0.2, 0.25) is 0 Å². The number of hydrogen-bond donors (Lipinski definition) is 0. The van der Waals surface area contributed by atoms with Gasteiger partial charge in [-0.05, 0) is 77.9 Å². The summed E-state index contributed by atoms with van der Waals surface area (Å²) in [6.07, 6.45) is 4.54. The summed E-state index contributed by atoms with van der Waals surface area (Å²) in [5, 5.41) is 2.47. The zero-order valence-electron chi connectivity index (χ0n) is 24.6. The van der Waals surface area contributed by atoms with E-state index < -0.39 is 5.66 Å². The molecule has 0 saturated heterocycles. The molecule has 1 atom stereocenters. The predicted molar refractivity (Wildman–Crippen MR) is 178 cm³/mol. The third-order valence-electron chi connectivity index (χ3n) is 10.6. The van der Waals surface area contributed by atoms with Gasteiger partial charge in [-0.3, -0.25) is 0 Å². The summed E-state index contributed by atoms with van der Waals surface area (Å²) in [4.78, 5) is 2.47. The van der Waals surface area contributed by atoms with Crippen LogP contribution in [0.25, 0.3) is 49.9 Å². The molecule has 212 valence electrons. The van der Waals surface area contributed by atoms with E-state index in [4.69, 9.17) is 4.74 Å². The molecule has 0 bridgehead atoms. The fourth-order valence-corrected chi connectivity index (χ4v) is 8.99. The number of rotatable bonds is 0. The zero-order chi connectivity index (χ0) is 29.7. The summed E-state index contributed by atoms with van der Waals surface area (Å²) < 4.78 is 14.4. The van der Waals surface area contributed by atoms with E-state index in [2.05, 4.69) is 164 Å². The van der Waals surface area contributed by atoms with Crippen LogP contribution in [-0.2, 0) is 5.66 Å².